The Balaban J connectivity index is 1.97. The fraction of sp³-hybridized carbons (Fsp3) is 0.778. The SMILES string of the molecule is CC(Cl)[C@@]1(O)C[C@@H](C)[C@@](C)(O)C(=O)OCC2=CCN3CC[C@@H](OC1=O)[C@@H]23. The summed E-state index contributed by atoms with van der Waals surface area (Å²) in [6.45, 7) is 5.88. The van der Waals surface area contributed by atoms with E-state index in [1.54, 1.807) is 6.92 Å². The summed E-state index contributed by atoms with van der Waals surface area (Å²) < 4.78 is 11.0. The van der Waals surface area contributed by atoms with Crippen molar-refractivity contribution in [1.29, 1.82) is 0 Å². The van der Waals surface area contributed by atoms with Gasteiger partial charge in [-0.05, 0) is 38.2 Å². The van der Waals surface area contributed by atoms with E-state index in [1.807, 2.05) is 6.08 Å². The lowest BCUT2D eigenvalue weighted by Gasteiger charge is -2.37. The van der Waals surface area contributed by atoms with Gasteiger partial charge in [0, 0.05) is 13.1 Å². The Labute approximate surface area is 157 Å². The lowest BCUT2D eigenvalue weighted by atomic mass is 9.79. The van der Waals surface area contributed by atoms with Crippen LogP contribution in [0.15, 0.2) is 11.6 Å². The Kier molecular flexibility index (Phi) is 5.11. The first kappa shape index (κ1) is 19.6. The molecule has 146 valence electrons. The number of carbonyl (C=O) groups is 2. The summed E-state index contributed by atoms with van der Waals surface area (Å²) in [6.07, 6.45) is 1.95. The van der Waals surface area contributed by atoms with Crippen molar-refractivity contribution < 1.29 is 29.3 Å². The van der Waals surface area contributed by atoms with Crippen LogP contribution in [0.25, 0.3) is 0 Å². The third-order valence-electron chi connectivity index (χ3n) is 6.04. The van der Waals surface area contributed by atoms with Gasteiger partial charge < -0.3 is 19.7 Å². The van der Waals surface area contributed by atoms with Crippen molar-refractivity contribution in [2.24, 2.45) is 5.92 Å². The van der Waals surface area contributed by atoms with Crippen molar-refractivity contribution in [2.45, 2.75) is 62.3 Å². The van der Waals surface area contributed by atoms with E-state index in [1.165, 1.54) is 13.8 Å². The molecule has 6 atom stereocenters. The number of ether oxygens (including phenoxy) is 2. The molecule has 2 N–H and O–H groups in total. The zero-order chi connectivity index (χ0) is 19.3. The van der Waals surface area contributed by atoms with E-state index in [2.05, 4.69) is 4.90 Å². The molecule has 3 aliphatic rings. The van der Waals surface area contributed by atoms with E-state index in [0.29, 0.717) is 13.0 Å². The quantitative estimate of drug-likeness (QED) is 0.386. The average Bonchev–Trinajstić information content (AvgIpc) is 3.14. The van der Waals surface area contributed by atoms with Crippen molar-refractivity contribution in [2.75, 3.05) is 19.7 Å². The fourth-order valence-electron chi connectivity index (χ4n) is 3.94. The molecule has 3 aliphatic heterocycles. The first-order valence-corrected chi connectivity index (χ1v) is 9.41. The maximum absolute atomic E-state index is 12.8. The van der Waals surface area contributed by atoms with Crippen LogP contribution in [0.2, 0.25) is 0 Å². The minimum Gasteiger partial charge on any atom is -0.459 e. The second kappa shape index (κ2) is 6.78. The van der Waals surface area contributed by atoms with E-state index in [9.17, 15) is 19.8 Å². The Morgan fingerprint density at radius 2 is 2.04 bits per heavy atom. The van der Waals surface area contributed by atoms with E-state index in [4.69, 9.17) is 21.1 Å². The van der Waals surface area contributed by atoms with E-state index in [-0.39, 0.29) is 19.1 Å². The van der Waals surface area contributed by atoms with Crippen LogP contribution in [0.5, 0.6) is 0 Å². The van der Waals surface area contributed by atoms with Crippen LogP contribution in [0.3, 0.4) is 0 Å². The fourth-order valence-corrected chi connectivity index (χ4v) is 4.11. The number of esters is 2. The zero-order valence-electron chi connectivity index (χ0n) is 15.3. The molecule has 3 rings (SSSR count). The molecule has 7 nitrogen and oxygen atoms in total. The molecule has 0 bridgehead atoms. The molecular weight excluding hydrogens is 362 g/mol. The lowest BCUT2D eigenvalue weighted by molar-refractivity contribution is -0.183. The number of aliphatic hydroxyl groups is 2. The van der Waals surface area contributed by atoms with E-state index >= 15 is 0 Å². The summed E-state index contributed by atoms with van der Waals surface area (Å²) in [5, 5.41) is 20.6. The number of alkyl halides is 1. The topological polar surface area (TPSA) is 96.3 Å². The number of cyclic esters (lactones) is 1. The minimum atomic E-state index is -2.01. The second-order valence-electron chi connectivity index (χ2n) is 7.82. The minimum absolute atomic E-state index is 0.0487. The molecule has 0 aromatic rings. The van der Waals surface area contributed by atoms with Crippen LogP contribution in [0, 0.1) is 5.92 Å². The van der Waals surface area contributed by atoms with Gasteiger partial charge in [-0.25, -0.2) is 9.59 Å². The Morgan fingerprint density at radius 1 is 1.35 bits per heavy atom. The van der Waals surface area contributed by atoms with Gasteiger partial charge in [0.1, 0.15) is 12.7 Å². The van der Waals surface area contributed by atoms with Gasteiger partial charge in [0.15, 0.2) is 11.2 Å². The summed E-state index contributed by atoms with van der Waals surface area (Å²) >= 11 is 6.12. The third-order valence-corrected chi connectivity index (χ3v) is 6.41. The molecular formula is C18H26ClNO6. The Bertz CT molecular complexity index is 633. The molecule has 0 spiro atoms. The summed E-state index contributed by atoms with van der Waals surface area (Å²) in [4.78, 5) is 27.4. The molecule has 0 aromatic carbocycles. The highest BCUT2D eigenvalue weighted by molar-refractivity contribution is 6.22. The highest BCUT2D eigenvalue weighted by Crippen LogP contribution is 2.37. The first-order valence-electron chi connectivity index (χ1n) is 8.97. The molecule has 0 aromatic heterocycles. The molecule has 0 saturated carbocycles. The highest BCUT2D eigenvalue weighted by Gasteiger charge is 2.52. The molecule has 2 fully saturated rings. The monoisotopic (exact) mass is 387 g/mol. The summed E-state index contributed by atoms with van der Waals surface area (Å²) in [7, 11) is 0. The van der Waals surface area contributed by atoms with Gasteiger partial charge in [0.2, 0.25) is 0 Å². The zero-order valence-corrected chi connectivity index (χ0v) is 16.0. The average molecular weight is 388 g/mol. The number of hydrogen-bond acceptors (Lipinski definition) is 7. The van der Waals surface area contributed by atoms with Crippen LogP contribution >= 0.6 is 11.6 Å². The standard InChI is InChI=1S/C18H26ClNO6/c1-10-8-18(24,11(2)19)16(22)26-13-5-7-20-6-4-12(14(13)20)9-25-15(21)17(10,3)23/h4,10-11,13-14,23-24H,5-9H2,1-3H3/t10-,11?,13-,14-,17-,18+/m1/s1. The molecule has 1 unspecified atom stereocenters. The van der Waals surface area contributed by atoms with Crippen molar-refractivity contribution >= 4 is 23.5 Å². The molecule has 26 heavy (non-hydrogen) atoms. The number of halogens is 1. The van der Waals surface area contributed by atoms with Gasteiger partial charge in [0.25, 0.3) is 0 Å². The van der Waals surface area contributed by atoms with Gasteiger partial charge in [0.05, 0.1) is 11.4 Å². The summed E-state index contributed by atoms with van der Waals surface area (Å²) in [5.41, 5.74) is -3.03. The number of nitrogens with zero attached hydrogens (tertiary/aromatic N) is 1. The third kappa shape index (κ3) is 3.15. The van der Waals surface area contributed by atoms with E-state index in [0.717, 1.165) is 12.1 Å². The second-order valence-corrected chi connectivity index (χ2v) is 8.47. The van der Waals surface area contributed by atoms with Gasteiger partial charge >= 0.3 is 11.9 Å². The largest absolute Gasteiger partial charge is 0.459 e. The van der Waals surface area contributed by atoms with Crippen molar-refractivity contribution in [3.63, 3.8) is 0 Å². The Morgan fingerprint density at radius 3 is 2.69 bits per heavy atom. The molecule has 0 radical (unpaired) electrons. The molecule has 8 heteroatoms. The number of rotatable bonds is 1. The predicted octanol–water partition coefficient (Wildman–Crippen LogP) is 0.605. The predicted molar refractivity (Wildman–Crippen MR) is 93.6 cm³/mol. The normalized spacial score (nSPS) is 42.8. The van der Waals surface area contributed by atoms with Crippen LogP contribution < -0.4 is 0 Å². The first-order chi connectivity index (χ1) is 12.1. The molecule has 0 amide bonds. The van der Waals surface area contributed by atoms with Crippen molar-refractivity contribution in [3.8, 4) is 0 Å². The van der Waals surface area contributed by atoms with Gasteiger partial charge in [-0.3, -0.25) is 4.90 Å². The van der Waals surface area contributed by atoms with Crippen LogP contribution in [0.4, 0.5) is 0 Å². The maximum Gasteiger partial charge on any atom is 0.340 e. The summed E-state index contributed by atoms with van der Waals surface area (Å²) in [6, 6.07) is -0.177. The van der Waals surface area contributed by atoms with Gasteiger partial charge in [-0.15, -0.1) is 11.6 Å². The smallest absolute Gasteiger partial charge is 0.340 e. The van der Waals surface area contributed by atoms with Gasteiger partial charge in [-0.1, -0.05) is 13.0 Å². The van der Waals surface area contributed by atoms with Crippen LogP contribution in [-0.4, -0.2) is 75.5 Å². The van der Waals surface area contributed by atoms with Crippen molar-refractivity contribution in [3.05, 3.63) is 11.6 Å². The summed E-state index contributed by atoms with van der Waals surface area (Å²) in [5.74, 6) is -2.37. The highest BCUT2D eigenvalue weighted by atomic mass is 35.5. The Hall–Kier alpha value is -1.15. The van der Waals surface area contributed by atoms with Crippen LogP contribution in [-0.2, 0) is 19.1 Å². The number of hydrogen-bond donors (Lipinski definition) is 2. The lowest BCUT2D eigenvalue weighted by Crippen LogP contribution is -2.54. The van der Waals surface area contributed by atoms with E-state index < -0.39 is 40.5 Å². The van der Waals surface area contributed by atoms with Gasteiger partial charge in [-0.2, -0.15) is 0 Å². The molecule has 0 aliphatic carbocycles. The number of carbonyl (C=O) groups excluding carboxylic acids is 2. The maximum atomic E-state index is 12.8. The molecule has 3 heterocycles. The van der Waals surface area contributed by atoms with Crippen LogP contribution in [0.1, 0.15) is 33.6 Å². The molecule has 2 saturated heterocycles. The van der Waals surface area contributed by atoms with Crippen molar-refractivity contribution in [1.82, 2.24) is 4.90 Å².